The van der Waals surface area contributed by atoms with Crippen molar-refractivity contribution in [2.45, 2.75) is 144 Å². The maximum atomic E-state index is 12.9. The molecule has 4 nitrogen and oxygen atoms in total. The van der Waals surface area contributed by atoms with Crippen LogP contribution in [0.15, 0.2) is 24.3 Å². The van der Waals surface area contributed by atoms with Gasteiger partial charge < -0.3 is 15.2 Å². The summed E-state index contributed by atoms with van der Waals surface area (Å²) in [6.07, 6.45) is 1.52. The van der Waals surface area contributed by atoms with Crippen LogP contribution in [0.25, 0.3) is 0 Å². The third-order valence-corrected chi connectivity index (χ3v) is 7.87. The Labute approximate surface area is 245 Å². The second-order valence-corrected chi connectivity index (χ2v) is 16.1. The van der Waals surface area contributed by atoms with Crippen LogP contribution in [0, 0.1) is 0 Å². The van der Waals surface area contributed by atoms with Crippen LogP contribution in [0.1, 0.15) is 150 Å². The summed E-state index contributed by atoms with van der Waals surface area (Å²) in [6, 6.07) is 8.82. The van der Waals surface area contributed by atoms with Crippen molar-refractivity contribution in [2.24, 2.45) is 0 Å². The number of unbranched alkanes of at least 4 members (excludes halogenated alkanes) is 1. The van der Waals surface area contributed by atoms with Crippen molar-refractivity contribution in [1.82, 2.24) is 5.32 Å². The molecule has 40 heavy (non-hydrogen) atoms. The van der Waals surface area contributed by atoms with Crippen LogP contribution < -0.4 is 10.1 Å². The van der Waals surface area contributed by atoms with Crippen molar-refractivity contribution in [3.63, 3.8) is 0 Å². The predicted molar refractivity (Wildman–Crippen MR) is 170 cm³/mol. The Kier molecular flexibility index (Phi) is 9.62. The van der Waals surface area contributed by atoms with Crippen molar-refractivity contribution in [1.29, 1.82) is 0 Å². The van der Waals surface area contributed by atoms with Crippen LogP contribution in [-0.4, -0.2) is 17.7 Å². The number of hydrogen-bond acceptors (Lipinski definition) is 3. The highest BCUT2D eigenvalue weighted by Crippen LogP contribution is 2.47. The smallest absolute Gasteiger partial charge is 0.412 e. The molecule has 2 N–H and O–H groups in total. The minimum Gasteiger partial charge on any atom is -0.507 e. The lowest BCUT2D eigenvalue weighted by Crippen LogP contribution is -2.31. The first kappa shape index (κ1) is 33.7. The van der Waals surface area contributed by atoms with Crippen molar-refractivity contribution >= 4 is 6.09 Å². The Morgan fingerprint density at radius 3 is 1.35 bits per heavy atom. The molecular weight excluding hydrogens is 494 g/mol. The highest BCUT2D eigenvalue weighted by Gasteiger charge is 2.35. The quantitative estimate of drug-likeness (QED) is 0.351. The summed E-state index contributed by atoms with van der Waals surface area (Å²) in [5.41, 5.74) is 4.93. The number of amides is 1. The molecular formula is C36H57NO3. The van der Waals surface area contributed by atoms with E-state index in [-0.39, 0.29) is 27.1 Å². The second kappa shape index (κ2) is 11.4. The van der Waals surface area contributed by atoms with Gasteiger partial charge in [-0.25, -0.2) is 4.79 Å². The molecule has 0 spiro atoms. The summed E-state index contributed by atoms with van der Waals surface area (Å²) < 4.78 is 6.11. The van der Waals surface area contributed by atoms with Gasteiger partial charge >= 0.3 is 6.09 Å². The summed E-state index contributed by atoms with van der Waals surface area (Å²) in [4.78, 5) is 12.9. The summed E-state index contributed by atoms with van der Waals surface area (Å²) >= 11 is 0. The number of phenolic OH excluding ortho intramolecular Hbond substituents is 1. The number of benzene rings is 2. The van der Waals surface area contributed by atoms with Crippen molar-refractivity contribution in [3.8, 4) is 11.5 Å². The highest BCUT2D eigenvalue weighted by atomic mass is 16.6. The first-order chi connectivity index (χ1) is 17.9. The number of rotatable bonds is 6. The Morgan fingerprint density at radius 2 is 1.02 bits per heavy atom. The fourth-order valence-electron chi connectivity index (χ4n) is 5.02. The number of ether oxygens (including phenoxy) is 1. The van der Waals surface area contributed by atoms with E-state index in [1.54, 1.807) is 0 Å². The van der Waals surface area contributed by atoms with Gasteiger partial charge in [-0.1, -0.05) is 135 Å². The zero-order valence-corrected chi connectivity index (χ0v) is 28.2. The first-order valence-corrected chi connectivity index (χ1v) is 15.0. The molecule has 4 heteroatoms. The normalized spacial score (nSPS) is 13.4. The molecule has 0 heterocycles. The monoisotopic (exact) mass is 551 g/mol. The molecule has 0 aliphatic rings. The standard InChI is InChI=1S/C36H57NO3/c1-16-17-18-37-31(39)40-30-27(34(8,9)10)21-24(22-28(30)35(11,12)13)36(14,15)23-19-25(32(2,3)4)29(38)26(20-23)33(5,6)7/h19-22,38H,16-18H2,1-15H3,(H,37,39). The van der Waals surface area contributed by atoms with Crippen LogP contribution in [0.4, 0.5) is 4.79 Å². The van der Waals surface area contributed by atoms with Crippen molar-refractivity contribution < 1.29 is 14.6 Å². The lowest BCUT2D eigenvalue weighted by atomic mass is 9.69. The van der Waals surface area contributed by atoms with Gasteiger partial charge in [-0.05, 0) is 50.3 Å². The van der Waals surface area contributed by atoms with E-state index in [0.717, 1.165) is 46.2 Å². The summed E-state index contributed by atoms with van der Waals surface area (Å²) in [5.74, 6) is 1.05. The first-order valence-electron chi connectivity index (χ1n) is 15.0. The molecule has 0 unspecified atom stereocenters. The third-order valence-electron chi connectivity index (χ3n) is 7.87. The van der Waals surface area contributed by atoms with Gasteiger partial charge in [0.2, 0.25) is 0 Å². The number of nitrogens with one attached hydrogen (secondary N) is 1. The molecule has 0 aliphatic heterocycles. The molecule has 0 radical (unpaired) electrons. The molecule has 0 saturated heterocycles. The van der Waals surface area contributed by atoms with Gasteiger partial charge in [0, 0.05) is 23.1 Å². The van der Waals surface area contributed by atoms with Gasteiger partial charge in [-0.15, -0.1) is 0 Å². The van der Waals surface area contributed by atoms with Crippen LogP contribution in [0.5, 0.6) is 11.5 Å². The molecule has 2 aromatic carbocycles. The number of hydrogen-bond donors (Lipinski definition) is 2. The van der Waals surface area contributed by atoms with E-state index in [4.69, 9.17) is 4.74 Å². The zero-order chi connectivity index (χ0) is 31.1. The van der Waals surface area contributed by atoms with E-state index in [1.165, 1.54) is 0 Å². The van der Waals surface area contributed by atoms with Crippen molar-refractivity contribution in [2.75, 3.05) is 6.54 Å². The summed E-state index contributed by atoms with van der Waals surface area (Å²) in [6.45, 7) is 33.1. The molecule has 0 aliphatic carbocycles. The van der Waals surface area contributed by atoms with E-state index in [2.05, 4.69) is 133 Å². The van der Waals surface area contributed by atoms with Gasteiger partial charge in [-0.3, -0.25) is 0 Å². The zero-order valence-electron chi connectivity index (χ0n) is 28.2. The average molecular weight is 552 g/mol. The van der Waals surface area contributed by atoms with Crippen molar-refractivity contribution in [3.05, 3.63) is 57.6 Å². The predicted octanol–water partition coefficient (Wildman–Crippen LogP) is 9.80. The summed E-state index contributed by atoms with van der Waals surface area (Å²) in [7, 11) is 0. The number of aromatic hydroxyl groups is 1. The highest BCUT2D eigenvalue weighted by molar-refractivity contribution is 5.72. The molecule has 0 atom stereocenters. The lowest BCUT2D eigenvalue weighted by molar-refractivity contribution is 0.198. The van der Waals surface area contributed by atoms with E-state index >= 15 is 0 Å². The number of phenols is 1. The van der Waals surface area contributed by atoms with E-state index in [9.17, 15) is 9.90 Å². The van der Waals surface area contributed by atoms with Gasteiger partial charge in [-0.2, -0.15) is 0 Å². The molecule has 0 fully saturated rings. The molecule has 2 rings (SSSR count). The molecule has 0 aromatic heterocycles. The van der Waals surface area contributed by atoms with E-state index in [1.807, 2.05) is 0 Å². The van der Waals surface area contributed by atoms with Gasteiger partial charge in [0.05, 0.1) is 0 Å². The maximum absolute atomic E-state index is 12.9. The minimum atomic E-state index is -0.403. The van der Waals surface area contributed by atoms with Crippen LogP contribution in [-0.2, 0) is 27.1 Å². The topological polar surface area (TPSA) is 58.6 Å². The Morgan fingerprint density at radius 1 is 0.675 bits per heavy atom. The minimum absolute atomic E-state index is 0.216. The Bertz CT molecular complexity index is 1140. The van der Waals surface area contributed by atoms with Gasteiger partial charge in [0.1, 0.15) is 11.5 Å². The fourth-order valence-corrected chi connectivity index (χ4v) is 5.02. The van der Waals surface area contributed by atoms with Gasteiger partial charge in [0.25, 0.3) is 0 Å². The van der Waals surface area contributed by atoms with Crippen LogP contribution in [0.2, 0.25) is 0 Å². The van der Waals surface area contributed by atoms with E-state index in [0.29, 0.717) is 18.0 Å². The van der Waals surface area contributed by atoms with Gasteiger partial charge in [0.15, 0.2) is 0 Å². The summed E-state index contributed by atoms with van der Waals surface area (Å²) in [5, 5.41) is 14.3. The molecule has 1 amide bonds. The molecule has 2 aromatic rings. The average Bonchev–Trinajstić information content (AvgIpc) is 2.76. The van der Waals surface area contributed by atoms with Crippen LogP contribution >= 0.6 is 0 Å². The second-order valence-electron chi connectivity index (χ2n) is 16.1. The Balaban J connectivity index is 2.89. The number of carbonyl (C=O) groups is 1. The maximum Gasteiger partial charge on any atom is 0.412 e. The molecule has 0 saturated carbocycles. The third kappa shape index (κ3) is 7.62. The largest absolute Gasteiger partial charge is 0.507 e. The fraction of sp³-hybridized carbons (Fsp3) is 0.639. The lowest BCUT2D eigenvalue weighted by Gasteiger charge is -2.36. The van der Waals surface area contributed by atoms with Crippen LogP contribution in [0.3, 0.4) is 0 Å². The SMILES string of the molecule is CCCCNC(=O)Oc1c(C(C)(C)C)cc(C(C)(C)c2cc(C(C)(C)C)c(O)c(C(C)(C)C)c2)cc1C(C)(C)C. The van der Waals surface area contributed by atoms with E-state index < -0.39 is 6.09 Å². The Hall–Kier alpha value is -2.49. The molecule has 0 bridgehead atoms. The number of carbonyl (C=O) groups excluding carboxylic acids is 1. The molecule has 224 valence electrons.